The SMILES string of the molecule is [2H]C=C(Br)c1c(C(C)(C)C)cc(C(C)(C)C)cc1C(C)(C)C. The molecule has 118 valence electrons. The van der Waals surface area contributed by atoms with E-state index >= 15 is 0 Å². The maximum absolute atomic E-state index is 7.72. The van der Waals surface area contributed by atoms with Crippen LogP contribution < -0.4 is 0 Å². The van der Waals surface area contributed by atoms with Crippen LogP contribution in [0.5, 0.6) is 0 Å². The quantitative estimate of drug-likeness (QED) is 0.513. The molecule has 0 saturated carbocycles. The van der Waals surface area contributed by atoms with Crippen molar-refractivity contribution < 1.29 is 1.37 Å². The Labute approximate surface area is 141 Å². The molecule has 0 bridgehead atoms. The van der Waals surface area contributed by atoms with E-state index in [-0.39, 0.29) is 16.2 Å². The second-order valence-corrected chi connectivity index (χ2v) is 9.90. The first-order valence-electron chi connectivity index (χ1n) is 8.21. The molecule has 21 heavy (non-hydrogen) atoms. The standard InChI is InChI=1S/C20H31Br/c1-13(21)17-15(19(5,6)7)11-14(18(2,3)4)12-16(17)20(8,9)10/h11-12H,1H2,2-10H3/i1D. The fraction of sp³-hybridized carbons (Fsp3) is 0.600. The van der Waals surface area contributed by atoms with Crippen LogP contribution in [0.2, 0.25) is 0 Å². The number of hydrogen-bond acceptors (Lipinski definition) is 0. The van der Waals surface area contributed by atoms with Crippen LogP contribution in [0.3, 0.4) is 0 Å². The van der Waals surface area contributed by atoms with Gasteiger partial charge in [0, 0.05) is 4.48 Å². The Morgan fingerprint density at radius 3 is 1.48 bits per heavy atom. The van der Waals surface area contributed by atoms with Crippen molar-refractivity contribution in [2.45, 2.75) is 78.6 Å². The van der Waals surface area contributed by atoms with Gasteiger partial charge in [-0.05, 0) is 38.5 Å². The first kappa shape index (κ1) is 16.8. The van der Waals surface area contributed by atoms with Crippen molar-refractivity contribution >= 4 is 20.4 Å². The van der Waals surface area contributed by atoms with E-state index in [0.717, 1.165) is 4.48 Å². The van der Waals surface area contributed by atoms with Gasteiger partial charge in [-0.3, -0.25) is 0 Å². The van der Waals surface area contributed by atoms with Gasteiger partial charge in [0.2, 0.25) is 0 Å². The first-order valence-corrected chi connectivity index (χ1v) is 8.43. The fourth-order valence-corrected chi connectivity index (χ4v) is 2.94. The van der Waals surface area contributed by atoms with Gasteiger partial charge >= 0.3 is 0 Å². The molecule has 0 unspecified atom stereocenters. The van der Waals surface area contributed by atoms with Gasteiger partial charge in [-0.15, -0.1) is 0 Å². The third-order valence-corrected chi connectivity index (χ3v) is 4.26. The van der Waals surface area contributed by atoms with Gasteiger partial charge in [0.1, 0.15) is 0 Å². The van der Waals surface area contributed by atoms with Crippen LogP contribution in [0.25, 0.3) is 4.48 Å². The summed E-state index contributed by atoms with van der Waals surface area (Å²) >= 11 is 3.62. The molecule has 0 aliphatic rings. The highest BCUT2D eigenvalue weighted by Crippen LogP contribution is 2.42. The maximum atomic E-state index is 7.72. The highest BCUT2D eigenvalue weighted by atomic mass is 79.9. The van der Waals surface area contributed by atoms with Gasteiger partial charge in [0.15, 0.2) is 0 Å². The van der Waals surface area contributed by atoms with Crippen LogP contribution in [-0.4, -0.2) is 0 Å². The first-order chi connectivity index (χ1) is 9.69. The molecule has 0 fully saturated rings. The molecule has 0 nitrogen and oxygen atoms in total. The third kappa shape index (κ3) is 4.22. The van der Waals surface area contributed by atoms with Crippen LogP contribution in [0.1, 0.15) is 85.9 Å². The van der Waals surface area contributed by atoms with E-state index < -0.39 is 0 Å². The van der Waals surface area contributed by atoms with E-state index in [9.17, 15) is 0 Å². The summed E-state index contributed by atoms with van der Waals surface area (Å²) in [6.07, 6.45) is 0. The second-order valence-electron chi connectivity index (χ2n) is 9.04. The van der Waals surface area contributed by atoms with Crippen LogP contribution in [0.15, 0.2) is 18.7 Å². The average molecular weight is 352 g/mol. The minimum Gasteiger partial charge on any atom is -0.0841 e. The minimum atomic E-state index is 0.0264. The lowest BCUT2D eigenvalue weighted by Crippen LogP contribution is -2.23. The lowest BCUT2D eigenvalue weighted by Gasteiger charge is -2.33. The Morgan fingerprint density at radius 2 is 1.24 bits per heavy atom. The molecule has 1 rings (SSSR count). The van der Waals surface area contributed by atoms with Crippen molar-refractivity contribution in [2.75, 3.05) is 0 Å². The molecule has 0 amide bonds. The Bertz CT molecular complexity index is 540. The zero-order valence-corrected chi connectivity index (χ0v) is 16.7. The monoisotopic (exact) mass is 351 g/mol. The van der Waals surface area contributed by atoms with Crippen LogP contribution in [-0.2, 0) is 16.2 Å². The molecule has 0 saturated heterocycles. The lowest BCUT2D eigenvalue weighted by molar-refractivity contribution is 0.546. The van der Waals surface area contributed by atoms with E-state index in [0.29, 0.717) is 0 Å². The number of benzene rings is 1. The molecule has 0 heterocycles. The molecule has 0 N–H and O–H groups in total. The Morgan fingerprint density at radius 1 is 0.857 bits per heavy atom. The van der Waals surface area contributed by atoms with E-state index in [1.807, 2.05) is 0 Å². The summed E-state index contributed by atoms with van der Waals surface area (Å²) in [6.45, 7) is 21.7. The predicted octanol–water partition coefficient (Wildman–Crippen LogP) is 6.94. The van der Waals surface area contributed by atoms with Crippen LogP contribution >= 0.6 is 15.9 Å². The van der Waals surface area contributed by atoms with Gasteiger partial charge in [-0.2, -0.15) is 0 Å². The van der Waals surface area contributed by atoms with Gasteiger partial charge in [0.05, 0.1) is 1.37 Å². The van der Waals surface area contributed by atoms with E-state index in [4.69, 9.17) is 1.37 Å². The predicted molar refractivity (Wildman–Crippen MR) is 101 cm³/mol. The molecule has 0 aliphatic carbocycles. The highest BCUT2D eigenvalue weighted by Gasteiger charge is 2.29. The molecule has 1 aromatic rings. The average Bonchev–Trinajstić information content (AvgIpc) is 2.33. The normalized spacial score (nSPS) is 15.1. The van der Waals surface area contributed by atoms with Crippen molar-refractivity contribution in [3.63, 3.8) is 0 Å². The molecule has 0 aromatic heterocycles. The Balaban J connectivity index is 3.95. The van der Waals surface area contributed by atoms with Crippen molar-refractivity contribution in [1.29, 1.82) is 0 Å². The van der Waals surface area contributed by atoms with Crippen molar-refractivity contribution in [3.05, 3.63) is 40.9 Å². The van der Waals surface area contributed by atoms with Gasteiger partial charge in [0.25, 0.3) is 0 Å². The molecule has 0 spiro atoms. The van der Waals surface area contributed by atoms with Crippen LogP contribution in [0.4, 0.5) is 0 Å². The molecule has 0 aliphatic heterocycles. The molecular formula is C20H31Br. The summed E-state index contributed by atoms with van der Waals surface area (Å²) in [5.74, 6) is 0. The number of hydrogen-bond donors (Lipinski definition) is 0. The molecule has 0 radical (unpaired) electrons. The molecule has 1 aromatic carbocycles. The van der Waals surface area contributed by atoms with Gasteiger partial charge in [-0.25, -0.2) is 0 Å². The van der Waals surface area contributed by atoms with Gasteiger partial charge < -0.3 is 0 Å². The minimum absolute atomic E-state index is 0.0264. The summed E-state index contributed by atoms with van der Waals surface area (Å²) in [5, 5.41) is 0. The largest absolute Gasteiger partial charge is 0.0841 e. The van der Waals surface area contributed by atoms with Crippen molar-refractivity contribution in [1.82, 2.24) is 0 Å². The van der Waals surface area contributed by atoms with Crippen molar-refractivity contribution in [2.24, 2.45) is 0 Å². The second kappa shape index (κ2) is 5.57. The zero-order chi connectivity index (χ0) is 17.5. The summed E-state index contributed by atoms with van der Waals surface area (Å²) in [7, 11) is 0. The zero-order valence-electron chi connectivity index (χ0n) is 16.1. The summed E-state index contributed by atoms with van der Waals surface area (Å²) in [4.78, 5) is 0. The Kier molecular flexibility index (Phi) is 4.46. The van der Waals surface area contributed by atoms with Gasteiger partial charge in [-0.1, -0.05) is 96.9 Å². The smallest absolute Gasteiger partial charge is 0.0550 e. The summed E-state index contributed by atoms with van der Waals surface area (Å²) in [5.41, 5.74) is 5.31. The number of rotatable bonds is 1. The van der Waals surface area contributed by atoms with E-state index in [1.165, 1.54) is 28.8 Å². The lowest BCUT2D eigenvalue weighted by atomic mass is 9.72. The highest BCUT2D eigenvalue weighted by molar-refractivity contribution is 9.15. The molecule has 1 heteroatoms. The topological polar surface area (TPSA) is 0 Å². The Hall–Kier alpha value is -0.560. The maximum Gasteiger partial charge on any atom is 0.0550 e. The third-order valence-electron chi connectivity index (χ3n) is 3.86. The van der Waals surface area contributed by atoms with Crippen molar-refractivity contribution in [3.8, 4) is 0 Å². The van der Waals surface area contributed by atoms with E-state index in [1.54, 1.807) is 0 Å². The number of halogens is 1. The van der Waals surface area contributed by atoms with Crippen LogP contribution in [0, 0.1) is 0 Å². The molecular weight excluding hydrogens is 320 g/mol. The van der Waals surface area contributed by atoms with E-state index in [2.05, 4.69) is 90.4 Å². The molecule has 0 atom stereocenters. The fourth-order valence-electron chi connectivity index (χ4n) is 2.52. The summed E-state index contributed by atoms with van der Waals surface area (Å²) in [6, 6.07) is 4.66. The summed E-state index contributed by atoms with van der Waals surface area (Å²) < 4.78 is 8.58.